The number of rotatable bonds is 8. The lowest BCUT2D eigenvalue weighted by Crippen LogP contribution is -2.29. The molecule has 0 bridgehead atoms. The highest BCUT2D eigenvalue weighted by Gasteiger charge is 2.34. The fourth-order valence-corrected chi connectivity index (χ4v) is 4.85. The van der Waals surface area contributed by atoms with Crippen molar-refractivity contribution in [1.82, 2.24) is 4.90 Å². The fraction of sp³-hybridized carbons (Fsp3) is 0.200. The third kappa shape index (κ3) is 5.36. The number of methoxy groups -OCH3 is 1. The van der Waals surface area contributed by atoms with Gasteiger partial charge in [-0.15, -0.1) is 0 Å². The Bertz CT molecular complexity index is 1240. The zero-order valence-electron chi connectivity index (χ0n) is 17.8. The highest BCUT2D eigenvalue weighted by atomic mass is 35.5. The van der Waals surface area contributed by atoms with Gasteiger partial charge in [0.05, 0.1) is 4.91 Å². The Hall–Kier alpha value is -2.51. The largest absolute Gasteiger partial charge is 0.488 e. The fourth-order valence-electron chi connectivity index (χ4n) is 3.54. The molecule has 8 heteroatoms. The van der Waals surface area contributed by atoms with Gasteiger partial charge in [0.1, 0.15) is 12.4 Å². The van der Waals surface area contributed by atoms with Crippen LogP contribution in [0.15, 0.2) is 59.5 Å². The number of nitrogens with zero attached hydrogens (tertiary/aromatic N) is 1. The van der Waals surface area contributed by atoms with Crippen molar-refractivity contribution in [2.45, 2.75) is 13.0 Å². The van der Waals surface area contributed by atoms with Crippen LogP contribution < -0.4 is 4.74 Å². The average Bonchev–Trinajstić information content (AvgIpc) is 3.07. The van der Waals surface area contributed by atoms with E-state index in [1.165, 1.54) is 4.90 Å². The van der Waals surface area contributed by atoms with E-state index in [4.69, 9.17) is 32.7 Å². The van der Waals surface area contributed by atoms with Gasteiger partial charge in [0.15, 0.2) is 0 Å². The summed E-state index contributed by atoms with van der Waals surface area (Å²) >= 11 is 13.2. The molecule has 0 spiro atoms. The average molecular weight is 502 g/mol. The molecule has 0 unspecified atom stereocenters. The van der Waals surface area contributed by atoms with E-state index in [0.29, 0.717) is 40.3 Å². The molecule has 0 radical (unpaired) electrons. The first-order valence-electron chi connectivity index (χ1n) is 10.3. The van der Waals surface area contributed by atoms with Crippen LogP contribution >= 0.6 is 35.0 Å². The van der Waals surface area contributed by atoms with Gasteiger partial charge in [0.2, 0.25) is 0 Å². The van der Waals surface area contributed by atoms with Crippen LogP contribution in [-0.2, 0) is 16.1 Å². The minimum absolute atomic E-state index is 0.230. The number of halogens is 2. The summed E-state index contributed by atoms with van der Waals surface area (Å²) in [7, 11) is 1.59. The maximum Gasteiger partial charge on any atom is 0.293 e. The number of hydrogen-bond acceptors (Lipinski definition) is 5. The molecular formula is C25H21Cl2NO4S. The quantitative estimate of drug-likeness (QED) is 0.251. The van der Waals surface area contributed by atoms with E-state index in [0.717, 1.165) is 33.7 Å². The summed E-state index contributed by atoms with van der Waals surface area (Å²) in [5.74, 6) is 0.284. The Morgan fingerprint density at radius 3 is 2.67 bits per heavy atom. The van der Waals surface area contributed by atoms with Crippen molar-refractivity contribution in [3.8, 4) is 5.75 Å². The molecule has 3 aromatic carbocycles. The number of benzene rings is 3. The van der Waals surface area contributed by atoms with Crippen molar-refractivity contribution < 1.29 is 19.1 Å². The Balaban J connectivity index is 1.67. The molecule has 1 aliphatic rings. The number of imide groups is 1. The number of fused-ring (bicyclic) bond motifs is 1. The van der Waals surface area contributed by atoms with E-state index in [1.54, 1.807) is 25.3 Å². The van der Waals surface area contributed by atoms with Crippen molar-refractivity contribution >= 4 is 63.0 Å². The van der Waals surface area contributed by atoms with E-state index < -0.39 is 0 Å². The van der Waals surface area contributed by atoms with Crippen molar-refractivity contribution in [1.29, 1.82) is 0 Å². The Kier molecular flexibility index (Phi) is 7.60. The van der Waals surface area contributed by atoms with Crippen molar-refractivity contribution in [2.24, 2.45) is 0 Å². The molecule has 0 saturated carbocycles. The Labute approximate surface area is 206 Å². The molecule has 0 aromatic heterocycles. The van der Waals surface area contributed by atoms with Gasteiger partial charge in [-0.3, -0.25) is 14.5 Å². The summed E-state index contributed by atoms with van der Waals surface area (Å²) in [6.07, 6.45) is 2.33. The second kappa shape index (κ2) is 10.6. The van der Waals surface area contributed by atoms with Crippen molar-refractivity contribution in [2.75, 3.05) is 20.3 Å². The third-order valence-electron chi connectivity index (χ3n) is 5.21. The SMILES string of the molecule is COCCCN1C(=O)S/C(=C/c2c(OCc3ccc(Cl)cc3Cl)ccc3ccccc23)C1=O. The van der Waals surface area contributed by atoms with Gasteiger partial charge < -0.3 is 9.47 Å². The zero-order chi connectivity index (χ0) is 23.4. The number of ether oxygens (including phenoxy) is 2. The van der Waals surface area contributed by atoms with Gasteiger partial charge in [-0.2, -0.15) is 0 Å². The van der Waals surface area contributed by atoms with Gasteiger partial charge in [-0.25, -0.2) is 0 Å². The molecule has 170 valence electrons. The van der Waals surface area contributed by atoms with Crippen molar-refractivity contribution in [3.63, 3.8) is 0 Å². The Morgan fingerprint density at radius 1 is 1.06 bits per heavy atom. The molecule has 3 aromatic rings. The molecule has 0 atom stereocenters. The third-order valence-corrected chi connectivity index (χ3v) is 6.70. The number of thioether (sulfide) groups is 1. The van der Waals surface area contributed by atoms with Crippen LogP contribution in [-0.4, -0.2) is 36.3 Å². The molecule has 5 nitrogen and oxygen atoms in total. The van der Waals surface area contributed by atoms with Crippen LogP contribution in [0, 0.1) is 0 Å². The highest BCUT2D eigenvalue weighted by Crippen LogP contribution is 2.37. The van der Waals surface area contributed by atoms with Gasteiger partial charge in [0, 0.05) is 41.4 Å². The topological polar surface area (TPSA) is 55.8 Å². The van der Waals surface area contributed by atoms with Crippen LogP contribution in [0.2, 0.25) is 10.0 Å². The molecule has 1 saturated heterocycles. The van der Waals surface area contributed by atoms with Crippen LogP contribution in [0.5, 0.6) is 5.75 Å². The molecule has 1 heterocycles. The number of hydrogen-bond donors (Lipinski definition) is 0. The molecule has 0 N–H and O–H groups in total. The second-order valence-electron chi connectivity index (χ2n) is 7.40. The van der Waals surface area contributed by atoms with Crippen LogP contribution in [0.4, 0.5) is 4.79 Å². The maximum atomic E-state index is 12.9. The van der Waals surface area contributed by atoms with Gasteiger partial charge in [-0.1, -0.05) is 59.6 Å². The maximum absolute atomic E-state index is 12.9. The van der Waals surface area contributed by atoms with Crippen LogP contribution in [0.25, 0.3) is 16.8 Å². The van der Waals surface area contributed by atoms with Gasteiger partial charge in [0.25, 0.3) is 11.1 Å². The van der Waals surface area contributed by atoms with Gasteiger partial charge >= 0.3 is 0 Å². The van der Waals surface area contributed by atoms with E-state index >= 15 is 0 Å². The first-order chi connectivity index (χ1) is 16.0. The summed E-state index contributed by atoms with van der Waals surface area (Å²) in [6.45, 7) is 1.03. The van der Waals surface area contributed by atoms with Crippen molar-refractivity contribution in [3.05, 3.63) is 80.7 Å². The second-order valence-corrected chi connectivity index (χ2v) is 9.24. The standard InChI is InChI=1S/C25H21Cl2NO4S/c1-31-12-4-11-28-24(29)23(33-25(28)30)14-20-19-6-3-2-5-16(19)8-10-22(20)32-15-17-7-9-18(26)13-21(17)27/h2-3,5-10,13-14H,4,11-12,15H2,1H3/b23-14+. The first-order valence-corrected chi connectivity index (χ1v) is 11.9. The predicted molar refractivity (Wildman–Crippen MR) is 134 cm³/mol. The molecule has 1 fully saturated rings. The first kappa shape index (κ1) is 23.6. The smallest absolute Gasteiger partial charge is 0.293 e. The van der Waals surface area contributed by atoms with E-state index in [-0.39, 0.29) is 17.8 Å². The lowest BCUT2D eigenvalue weighted by molar-refractivity contribution is -0.122. The molecule has 4 rings (SSSR count). The minimum atomic E-state index is -0.305. The molecule has 1 aliphatic heterocycles. The summed E-state index contributed by atoms with van der Waals surface area (Å²) < 4.78 is 11.2. The summed E-state index contributed by atoms with van der Waals surface area (Å²) in [5.41, 5.74) is 1.53. The Morgan fingerprint density at radius 2 is 1.88 bits per heavy atom. The minimum Gasteiger partial charge on any atom is -0.488 e. The lowest BCUT2D eigenvalue weighted by atomic mass is 10.0. The monoisotopic (exact) mass is 501 g/mol. The molecule has 2 amide bonds. The zero-order valence-corrected chi connectivity index (χ0v) is 20.2. The number of amides is 2. The van der Waals surface area contributed by atoms with E-state index in [9.17, 15) is 9.59 Å². The summed E-state index contributed by atoms with van der Waals surface area (Å²) in [4.78, 5) is 27.0. The molecular weight excluding hydrogens is 481 g/mol. The predicted octanol–water partition coefficient (Wildman–Crippen LogP) is 6.80. The highest BCUT2D eigenvalue weighted by molar-refractivity contribution is 8.18. The summed E-state index contributed by atoms with van der Waals surface area (Å²) in [5, 5.41) is 2.71. The van der Waals surface area contributed by atoms with Crippen LogP contribution in [0.1, 0.15) is 17.5 Å². The molecule has 33 heavy (non-hydrogen) atoms. The van der Waals surface area contributed by atoms with E-state index in [1.807, 2.05) is 42.5 Å². The van der Waals surface area contributed by atoms with Crippen LogP contribution in [0.3, 0.4) is 0 Å². The normalized spacial score (nSPS) is 15.1. The van der Waals surface area contributed by atoms with Gasteiger partial charge in [-0.05, 0) is 53.2 Å². The van der Waals surface area contributed by atoms with E-state index in [2.05, 4.69) is 0 Å². The number of carbonyl (C=O) groups excluding carboxylic acids is 2. The summed E-state index contributed by atoms with van der Waals surface area (Å²) in [6, 6.07) is 16.9. The lowest BCUT2D eigenvalue weighted by Gasteiger charge is -2.14. The number of carbonyl (C=O) groups is 2. The molecule has 0 aliphatic carbocycles.